The maximum absolute atomic E-state index is 11.3. The van der Waals surface area contributed by atoms with Gasteiger partial charge in [-0.3, -0.25) is 14.9 Å². The number of hydrogen-bond acceptors (Lipinski definition) is 4. The van der Waals surface area contributed by atoms with Gasteiger partial charge in [0.05, 0.1) is 5.25 Å². The van der Waals surface area contributed by atoms with Gasteiger partial charge in [0.1, 0.15) is 0 Å². The lowest BCUT2D eigenvalue weighted by Crippen LogP contribution is -2.23. The maximum atomic E-state index is 11.3. The summed E-state index contributed by atoms with van der Waals surface area (Å²) in [6.45, 7) is 0. The molecule has 0 saturated carbocycles. The second-order valence-corrected chi connectivity index (χ2v) is 5.09. The number of nitrogen functional groups attached to an aromatic ring is 1. The molecule has 2 rings (SSSR count). The number of amides is 2. The van der Waals surface area contributed by atoms with Crippen LogP contribution in [0.4, 0.5) is 5.69 Å². The summed E-state index contributed by atoms with van der Waals surface area (Å²) < 4.78 is 0. The zero-order chi connectivity index (χ0) is 11.7. The number of imide groups is 1. The van der Waals surface area contributed by atoms with Crippen LogP contribution in [0.3, 0.4) is 0 Å². The Hall–Kier alpha value is -1.20. The van der Waals surface area contributed by atoms with Crippen LogP contribution in [0.2, 0.25) is 5.02 Å². The zero-order valence-corrected chi connectivity index (χ0v) is 9.77. The Morgan fingerprint density at radius 1 is 1.44 bits per heavy atom. The summed E-state index contributed by atoms with van der Waals surface area (Å²) in [5.41, 5.74) is 6.28. The molecule has 6 heteroatoms. The van der Waals surface area contributed by atoms with Gasteiger partial charge in [0.25, 0.3) is 0 Å². The van der Waals surface area contributed by atoms with Gasteiger partial charge in [-0.25, -0.2) is 0 Å². The molecule has 4 nitrogen and oxygen atoms in total. The van der Waals surface area contributed by atoms with E-state index in [0.29, 0.717) is 10.7 Å². The van der Waals surface area contributed by atoms with Crippen molar-refractivity contribution in [2.75, 3.05) is 5.73 Å². The van der Waals surface area contributed by atoms with Crippen LogP contribution in [-0.4, -0.2) is 17.1 Å². The number of carbonyl (C=O) groups excluding carboxylic acids is 2. The predicted octanol–water partition coefficient (Wildman–Crippen LogP) is 1.43. The van der Waals surface area contributed by atoms with E-state index in [1.165, 1.54) is 11.8 Å². The number of nitrogens with two attached hydrogens (primary N) is 1. The molecule has 3 N–H and O–H groups in total. The second kappa shape index (κ2) is 4.35. The van der Waals surface area contributed by atoms with Crippen molar-refractivity contribution in [2.45, 2.75) is 16.6 Å². The van der Waals surface area contributed by atoms with Gasteiger partial charge in [-0.1, -0.05) is 11.6 Å². The van der Waals surface area contributed by atoms with Crippen LogP contribution in [0.5, 0.6) is 0 Å². The summed E-state index contributed by atoms with van der Waals surface area (Å²) in [5.74, 6) is -0.501. The molecule has 1 fully saturated rings. The minimum atomic E-state index is -0.393. The quantitative estimate of drug-likeness (QED) is 0.620. The fourth-order valence-electron chi connectivity index (χ4n) is 1.41. The molecule has 2 amide bonds. The van der Waals surface area contributed by atoms with Crippen molar-refractivity contribution in [3.05, 3.63) is 23.2 Å². The van der Waals surface area contributed by atoms with E-state index in [0.717, 1.165) is 4.90 Å². The molecular weight excluding hydrogens is 248 g/mol. The molecular formula is C10H9ClN2O2S. The lowest BCUT2D eigenvalue weighted by Gasteiger charge is -2.08. The Morgan fingerprint density at radius 3 is 2.75 bits per heavy atom. The molecule has 1 aromatic carbocycles. The van der Waals surface area contributed by atoms with Gasteiger partial charge in [0.15, 0.2) is 0 Å². The largest absolute Gasteiger partial charge is 0.398 e. The van der Waals surface area contributed by atoms with Crippen molar-refractivity contribution in [3.63, 3.8) is 0 Å². The average Bonchev–Trinajstić information content (AvgIpc) is 2.50. The third kappa shape index (κ3) is 2.31. The maximum Gasteiger partial charge on any atom is 0.240 e. The highest BCUT2D eigenvalue weighted by atomic mass is 35.5. The van der Waals surface area contributed by atoms with Crippen molar-refractivity contribution >= 4 is 40.9 Å². The first kappa shape index (κ1) is 11.3. The van der Waals surface area contributed by atoms with Gasteiger partial charge in [-0.05, 0) is 18.2 Å². The number of thioether (sulfide) groups is 1. The van der Waals surface area contributed by atoms with Gasteiger partial charge >= 0.3 is 0 Å². The van der Waals surface area contributed by atoms with Gasteiger partial charge in [0.2, 0.25) is 11.8 Å². The first-order chi connectivity index (χ1) is 7.56. The van der Waals surface area contributed by atoms with Crippen LogP contribution in [-0.2, 0) is 9.59 Å². The minimum Gasteiger partial charge on any atom is -0.398 e. The summed E-state index contributed by atoms with van der Waals surface area (Å²) in [7, 11) is 0. The van der Waals surface area contributed by atoms with Crippen LogP contribution in [0.15, 0.2) is 23.1 Å². The van der Waals surface area contributed by atoms with Gasteiger partial charge in [-0.15, -0.1) is 11.8 Å². The standard InChI is InChI=1S/C10H9ClN2O2S/c11-5-1-2-7(6(12)3-5)16-8-4-9(14)13-10(8)15/h1-3,8H,4,12H2,(H,13,14,15). The fraction of sp³-hybridized carbons (Fsp3) is 0.200. The Labute approximate surface area is 102 Å². The monoisotopic (exact) mass is 256 g/mol. The third-order valence-corrected chi connectivity index (χ3v) is 3.69. The van der Waals surface area contributed by atoms with Crippen molar-refractivity contribution in [2.24, 2.45) is 0 Å². The molecule has 84 valence electrons. The molecule has 1 atom stereocenters. The smallest absolute Gasteiger partial charge is 0.240 e. The number of hydrogen-bond donors (Lipinski definition) is 2. The van der Waals surface area contributed by atoms with E-state index < -0.39 is 5.25 Å². The summed E-state index contributed by atoms with van der Waals surface area (Å²) in [5, 5.41) is 2.41. The number of carbonyl (C=O) groups is 2. The lowest BCUT2D eigenvalue weighted by molar-refractivity contribution is -0.124. The average molecular weight is 257 g/mol. The van der Waals surface area contributed by atoms with E-state index in [2.05, 4.69) is 5.32 Å². The van der Waals surface area contributed by atoms with Crippen molar-refractivity contribution in [3.8, 4) is 0 Å². The van der Waals surface area contributed by atoms with Crippen LogP contribution in [0, 0.1) is 0 Å². The lowest BCUT2D eigenvalue weighted by atomic mass is 10.3. The molecule has 0 bridgehead atoms. The molecule has 1 saturated heterocycles. The van der Waals surface area contributed by atoms with Crippen LogP contribution in [0.1, 0.15) is 6.42 Å². The molecule has 0 spiro atoms. The van der Waals surface area contributed by atoms with E-state index in [1.54, 1.807) is 18.2 Å². The van der Waals surface area contributed by atoms with Gasteiger partial charge in [0, 0.05) is 22.0 Å². The molecule has 16 heavy (non-hydrogen) atoms. The van der Waals surface area contributed by atoms with E-state index in [9.17, 15) is 9.59 Å². The van der Waals surface area contributed by atoms with Crippen LogP contribution < -0.4 is 11.1 Å². The summed E-state index contributed by atoms with van der Waals surface area (Å²) in [4.78, 5) is 23.1. The topological polar surface area (TPSA) is 72.2 Å². The van der Waals surface area contributed by atoms with Crippen LogP contribution >= 0.6 is 23.4 Å². The Bertz CT molecular complexity index is 464. The van der Waals surface area contributed by atoms with E-state index in [1.807, 2.05) is 0 Å². The summed E-state index contributed by atoms with van der Waals surface area (Å²) in [6.07, 6.45) is 0.200. The molecule has 1 aromatic rings. The SMILES string of the molecule is Nc1cc(Cl)ccc1SC1CC(=O)NC1=O. The third-order valence-electron chi connectivity index (χ3n) is 2.17. The summed E-state index contributed by atoms with van der Waals surface area (Å²) in [6, 6.07) is 5.08. The molecule has 0 radical (unpaired) electrons. The minimum absolute atomic E-state index is 0.200. The number of rotatable bonds is 2. The van der Waals surface area contributed by atoms with Crippen LogP contribution in [0.25, 0.3) is 0 Å². The number of nitrogens with one attached hydrogen (secondary N) is 1. The molecule has 1 aliphatic rings. The highest BCUT2D eigenvalue weighted by molar-refractivity contribution is 8.00. The van der Waals surface area contributed by atoms with E-state index >= 15 is 0 Å². The summed E-state index contributed by atoms with van der Waals surface area (Å²) >= 11 is 7.04. The zero-order valence-electron chi connectivity index (χ0n) is 8.20. The van der Waals surface area contributed by atoms with E-state index in [-0.39, 0.29) is 18.2 Å². The van der Waals surface area contributed by atoms with Crippen molar-refractivity contribution in [1.82, 2.24) is 5.32 Å². The molecule has 0 aromatic heterocycles. The molecule has 1 aliphatic heterocycles. The normalized spacial score (nSPS) is 19.9. The Morgan fingerprint density at radius 2 is 2.19 bits per heavy atom. The van der Waals surface area contributed by atoms with Gasteiger partial charge < -0.3 is 5.73 Å². The highest BCUT2D eigenvalue weighted by Gasteiger charge is 2.31. The van der Waals surface area contributed by atoms with Gasteiger partial charge in [-0.2, -0.15) is 0 Å². The number of anilines is 1. The van der Waals surface area contributed by atoms with Crippen molar-refractivity contribution < 1.29 is 9.59 Å². The number of benzene rings is 1. The predicted molar refractivity (Wildman–Crippen MR) is 63.3 cm³/mol. The molecule has 1 heterocycles. The van der Waals surface area contributed by atoms with E-state index in [4.69, 9.17) is 17.3 Å². The molecule has 1 unspecified atom stereocenters. The fourth-order valence-corrected chi connectivity index (χ4v) is 2.63. The highest BCUT2D eigenvalue weighted by Crippen LogP contribution is 2.33. The first-order valence-electron chi connectivity index (χ1n) is 4.61. The first-order valence-corrected chi connectivity index (χ1v) is 5.87. The molecule has 0 aliphatic carbocycles. The van der Waals surface area contributed by atoms with Crippen molar-refractivity contribution in [1.29, 1.82) is 0 Å². The Kier molecular flexibility index (Phi) is 3.07. The Balaban J connectivity index is 2.15. The number of halogens is 1. The second-order valence-electron chi connectivity index (χ2n) is 3.41.